The predicted octanol–water partition coefficient (Wildman–Crippen LogP) is 3.14. The molecule has 0 atom stereocenters. The fraction of sp³-hybridized carbons (Fsp3) is 0.316. The molecule has 0 unspecified atom stereocenters. The maximum Gasteiger partial charge on any atom is 0.290 e. The van der Waals surface area contributed by atoms with Crippen LogP contribution in [0.1, 0.15) is 21.0 Å². The molecule has 1 aliphatic heterocycles. The first-order valence-corrected chi connectivity index (χ1v) is 9.77. The minimum Gasteiger partial charge on any atom is -0.448 e. The number of quaternary nitrogens is 1. The van der Waals surface area contributed by atoms with E-state index in [0.717, 1.165) is 24.0 Å². The summed E-state index contributed by atoms with van der Waals surface area (Å²) in [6.07, 6.45) is 0. The molecule has 0 aliphatic carbocycles. The van der Waals surface area contributed by atoms with Gasteiger partial charge in [-0.2, -0.15) is 0 Å². The zero-order valence-electron chi connectivity index (χ0n) is 14.4. The van der Waals surface area contributed by atoms with E-state index in [9.17, 15) is 9.18 Å². The average molecular weight is 394 g/mol. The maximum atomic E-state index is 13.9. The van der Waals surface area contributed by atoms with Crippen molar-refractivity contribution < 1.29 is 18.5 Å². The lowest BCUT2D eigenvalue weighted by Crippen LogP contribution is -3.13. The van der Waals surface area contributed by atoms with Gasteiger partial charge in [-0.15, -0.1) is 11.3 Å². The highest BCUT2D eigenvalue weighted by Crippen LogP contribution is 2.28. The second kappa shape index (κ2) is 7.02. The zero-order chi connectivity index (χ0) is 18.3. The molecule has 7 heteroatoms. The van der Waals surface area contributed by atoms with Gasteiger partial charge in [-0.3, -0.25) is 4.79 Å². The van der Waals surface area contributed by atoms with Crippen LogP contribution < -0.4 is 4.90 Å². The van der Waals surface area contributed by atoms with Gasteiger partial charge in [0.15, 0.2) is 17.2 Å². The first-order chi connectivity index (χ1) is 12.5. The minimum absolute atomic E-state index is 0.156. The molecule has 4 nitrogen and oxygen atoms in total. The van der Waals surface area contributed by atoms with Gasteiger partial charge in [0.1, 0.15) is 6.54 Å². The quantitative estimate of drug-likeness (QED) is 0.742. The van der Waals surface area contributed by atoms with E-state index in [1.807, 2.05) is 6.07 Å². The van der Waals surface area contributed by atoms with Crippen LogP contribution in [0, 0.1) is 12.7 Å². The number of amides is 1. The van der Waals surface area contributed by atoms with Crippen LogP contribution in [-0.4, -0.2) is 37.0 Å². The fourth-order valence-corrected chi connectivity index (χ4v) is 4.61. The molecule has 1 aromatic carbocycles. The van der Waals surface area contributed by atoms with Gasteiger partial charge in [-0.05, 0) is 25.1 Å². The van der Waals surface area contributed by atoms with Crippen molar-refractivity contribution in [1.29, 1.82) is 0 Å². The predicted molar refractivity (Wildman–Crippen MR) is 101 cm³/mol. The second-order valence-corrected chi connectivity index (χ2v) is 8.40. The Morgan fingerprint density at radius 1 is 1.31 bits per heavy atom. The first-order valence-electron chi connectivity index (χ1n) is 8.57. The average Bonchev–Trinajstić information content (AvgIpc) is 3.19. The molecule has 2 aromatic heterocycles. The van der Waals surface area contributed by atoms with E-state index in [1.165, 1.54) is 15.8 Å². The molecule has 1 aliphatic rings. The van der Waals surface area contributed by atoms with E-state index in [2.05, 4.69) is 6.07 Å². The smallest absolute Gasteiger partial charge is 0.290 e. The number of carbonyl (C=O) groups excluding carboxylic acids is 1. The maximum absolute atomic E-state index is 13.9. The second-order valence-electron chi connectivity index (χ2n) is 6.60. The van der Waals surface area contributed by atoms with Crippen molar-refractivity contribution in [3.8, 4) is 0 Å². The minimum atomic E-state index is -0.437. The first kappa shape index (κ1) is 17.5. The van der Waals surface area contributed by atoms with Gasteiger partial charge in [-0.1, -0.05) is 23.7 Å². The third-order valence-electron chi connectivity index (χ3n) is 4.92. The lowest BCUT2D eigenvalue weighted by atomic mass is 10.1. The summed E-state index contributed by atoms with van der Waals surface area (Å²) in [5, 5.41) is 0.659. The van der Waals surface area contributed by atoms with E-state index >= 15 is 0 Å². The van der Waals surface area contributed by atoms with Gasteiger partial charge in [0, 0.05) is 10.9 Å². The highest BCUT2D eigenvalue weighted by molar-refractivity contribution is 7.16. The molecule has 26 heavy (non-hydrogen) atoms. The van der Waals surface area contributed by atoms with Gasteiger partial charge in [0.2, 0.25) is 0 Å². The summed E-state index contributed by atoms with van der Waals surface area (Å²) in [7, 11) is 0. The van der Waals surface area contributed by atoms with Crippen LogP contribution >= 0.6 is 22.9 Å². The van der Waals surface area contributed by atoms with E-state index < -0.39 is 5.82 Å². The molecule has 3 aromatic rings. The third kappa shape index (κ3) is 3.24. The van der Waals surface area contributed by atoms with Crippen LogP contribution in [0.3, 0.4) is 0 Å². The number of piperazine rings is 1. The summed E-state index contributed by atoms with van der Waals surface area (Å²) >= 11 is 7.59. The Balaban J connectivity index is 1.45. The molecule has 0 bridgehead atoms. The van der Waals surface area contributed by atoms with Gasteiger partial charge in [0.25, 0.3) is 5.91 Å². The Labute approximate surface area is 159 Å². The Hall–Kier alpha value is -1.89. The molecule has 0 spiro atoms. The normalized spacial score (nSPS) is 15.7. The van der Waals surface area contributed by atoms with Crippen LogP contribution in [0.5, 0.6) is 0 Å². The van der Waals surface area contributed by atoms with Crippen LogP contribution in [0.4, 0.5) is 4.39 Å². The van der Waals surface area contributed by atoms with Gasteiger partial charge in [-0.25, -0.2) is 4.39 Å². The van der Waals surface area contributed by atoms with Crippen LogP contribution in [-0.2, 0) is 6.54 Å². The zero-order valence-corrected chi connectivity index (χ0v) is 15.9. The molecule has 0 radical (unpaired) electrons. The number of halogens is 2. The molecule has 1 fully saturated rings. The van der Waals surface area contributed by atoms with Crippen LogP contribution in [0.15, 0.2) is 34.7 Å². The molecule has 1 saturated heterocycles. The van der Waals surface area contributed by atoms with Crippen molar-refractivity contribution in [3.05, 3.63) is 56.7 Å². The number of hydrogen-bond acceptors (Lipinski definition) is 3. The number of rotatable bonds is 3. The number of aryl methyl sites for hydroxylation is 1. The molecule has 3 heterocycles. The summed E-state index contributed by atoms with van der Waals surface area (Å²) in [6.45, 7) is 5.79. The largest absolute Gasteiger partial charge is 0.448 e. The van der Waals surface area contributed by atoms with Gasteiger partial charge >= 0.3 is 0 Å². The summed E-state index contributed by atoms with van der Waals surface area (Å²) in [5.41, 5.74) is 0.861. The number of para-hydroxylation sites is 1. The van der Waals surface area contributed by atoms with E-state index in [-0.39, 0.29) is 17.3 Å². The number of carbonyl (C=O) groups is 1. The Bertz CT molecular complexity index is 960. The van der Waals surface area contributed by atoms with E-state index in [1.54, 1.807) is 35.3 Å². The Morgan fingerprint density at radius 3 is 2.73 bits per heavy atom. The molecular weight excluding hydrogens is 375 g/mol. The van der Waals surface area contributed by atoms with Crippen LogP contribution in [0.25, 0.3) is 11.0 Å². The van der Waals surface area contributed by atoms with Crippen molar-refractivity contribution >= 4 is 39.8 Å². The summed E-state index contributed by atoms with van der Waals surface area (Å²) < 4.78 is 20.3. The molecule has 1 N–H and O–H groups in total. The van der Waals surface area contributed by atoms with Crippen molar-refractivity contribution in [1.82, 2.24) is 4.90 Å². The molecule has 4 rings (SSSR count). The van der Waals surface area contributed by atoms with E-state index in [0.29, 0.717) is 24.0 Å². The topological polar surface area (TPSA) is 37.9 Å². The van der Waals surface area contributed by atoms with Gasteiger partial charge in [0.05, 0.1) is 35.4 Å². The van der Waals surface area contributed by atoms with Crippen molar-refractivity contribution in [2.45, 2.75) is 13.5 Å². The summed E-state index contributed by atoms with van der Waals surface area (Å²) in [4.78, 5) is 17.3. The number of thiophene rings is 1. The molecule has 0 saturated carbocycles. The van der Waals surface area contributed by atoms with Crippen molar-refractivity contribution in [2.75, 3.05) is 26.2 Å². The fourth-order valence-electron chi connectivity index (χ4n) is 3.45. The Morgan fingerprint density at radius 2 is 2.08 bits per heavy atom. The highest BCUT2D eigenvalue weighted by Gasteiger charge is 2.29. The van der Waals surface area contributed by atoms with Crippen LogP contribution in [0.2, 0.25) is 4.34 Å². The SMILES string of the molecule is Cc1c(C(=O)N2CC[NH+](Cc3ccc(Cl)s3)CC2)oc2c(F)cccc12. The van der Waals surface area contributed by atoms with Crippen molar-refractivity contribution in [3.63, 3.8) is 0 Å². The number of nitrogens with zero attached hydrogens (tertiary/aromatic N) is 1. The number of fused-ring (bicyclic) bond motifs is 1. The standard InChI is InChI=1S/C19H18ClFN2O2S/c1-12-14-3-2-4-15(21)18(14)25-17(12)19(24)23-9-7-22(8-10-23)11-13-5-6-16(20)26-13/h2-6H,7-11H2,1H3/p+1. The number of nitrogens with one attached hydrogen (secondary N) is 1. The van der Waals surface area contributed by atoms with E-state index in [4.69, 9.17) is 16.0 Å². The molecule has 1 amide bonds. The number of benzene rings is 1. The Kier molecular flexibility index (Phi) is 4.73. The van der Waals surface area contributed by atoms with Crippen molar-refractivity contribution in [2.24, 2.45) is 0 Å². The third-order valence-corrected chi connectivity index (χ3v) is 6.15. The number of furan rings is 1. The molecular formula is C19H19ClFN2O2S+. The highest BCUT2D eigenvalue weighted by atomic mass is 35.5. The van der Waals surface area contributed by atoms with Gasteiger partial charge < -0.3 is 14.2 Å². The summed E-state index contributed by atoms with van der Waals surface area (Å²) in [5.74, 6) is -0.344. The summed E-state index contributed by atoms with van der Waals surface area (Å²) in [6, 6.07) is 8.74. The molecule has 136 valence electrons. The lowest BCUT2D eigenvalue weighted by Gasteiger charge is -2.31. The number of hydrogen-bond donors (Lipinski definition) is 1. The monoisotopic (exact) mass is 393 g/mol. The lowest BCUT2D eigenvalue weighted by molar-refractivity contribution is -0.917.